The average Bonchev–Trinajstić information content (AvgIpc) is 2.72. The minimum atomic E-state index is -4.15. The molecule has 0 aromatic heterocycles. The van der Waals surface area contributed by atoms with Gasteiger partial charge in [0.1, 0.15) is 12.4 Å². The van der Waals surface area contributed by atoms with E-state index >= 15 is 0 Å². The van der Waals surface area contributed by atoms with Gasteiger partial charge in [-0.2, -0.15) is 13.2 Å². The molecule has 32 heavy (non-hydrogen) atoms. The highest BCUT2D eigenvalue weighted by Crippen LogP contribution is 2.22. The van der Waals surface area contributed by atoms with Crippen LogP contribution in [-0.2, 0) is 16.0 Å². The van der Waals surface area contributed by atoms with Crippen molar-refractivity contribution in [2.24, 2.45) is 0 Å². The largest absolute Gasteiger partial charge is 0.492 e. The van der Waals surface area contributed by atoms with E-state index in [1.54, 1.807) is 38.1 Å². The molecule has 182 valence electrons. The monoisotopic (exact) mass is 462 g/mol. The third-order valence-electron chi connectivity index (χ3n) is 4.62. The molecule has 1 atom stereocenters. The molecule has 10 heteroatoms. The zero-order valence-corrected chi connectivity index (χ0v) is 18.6. The van der Waals surface area contributed by atoms with Crippen molar-refractivity contribution < 1.29 is 37.3 Å². The van der Waals surface area contributed by atoms with E-state index in [0.29, 0.717) is 38.3 Å². The number of carbonyl (C=O) groups is 2. The van der Waals surface area contributed by atoms with Crippen LogP contribution in [0.3, 0.4) is 0 Å². The smallest absolute Gasteiger partial charge is 0.389 e. The van der Waals surface area contributed by atoms with Gasteiger partial charge >= 0.3 is 18.2 Å². The molecule has 0 aliphatic carbocycles. The van der Waals surface area contributed by atoms with Crippen LogP contribution in [0.1, 0.15) is 45.1 Å². The molecule has 0 saturated heterocycles. The van der Waals surface area contributed by atoms with Crippen LogP contribution in [0.2, 0.25) is 0 Å². The summed E-state index contributed by atoms with van der Waals surface area (Å²) in [5, 5.41) is 11.9. The number of amides is 2. The maximum absolute atomic E-state index is 12.2. The highest BCUT2D eigenvalue weighted by Gasteiger charge is 2.26. The molecule has 1 aromatic rings. The van der Waals surface area contributed by atoms with Crippen LogP contribution < -0.4 is 10.1 Å². The Morgan fingerprint density at radius 2 is 1.78 bits per heavy atom. The lowest BCUT2D eigenvalue weighted by molar-refractivity contribution is -0.150. The lowest BCUT2D eigenvalue weighted by Crippen LogP contribution is -2.42. The number of alkyl halides is 3. The Labute approximate surface area is 186 Å². The first-order valence-corrected chi connectivity index (χ1v) is 10.8. The van der Waals surface area contributed by atoms with E-state index in [1.165, 1.54) is 4.90 Å². The number of hydrogen-bond donors (Lipinski definition) is 2. The van der Waals surface area contributed by atoms with Crippen LogP contribution in [0.4, 0.5) is 18.0 Å². The second kappa shape index (κ2) is 14.5. The number of aliphatic carboxylic acids is 1. The highest BCUT2D eigenvalue weighted by atomic mass is 19.4. The first-order chi connectivity index (χ1) is 15.2. The number of carboxylic acid groups (broad SMARTS) is 1. The second-order valence-electron chi connectivity index (χ2n) is 7.23. The minimum absolute atomic E-state index is 0.0433. The summed E-state index contributed by atoms with van der Waals surface area (Å²) in [5.74, 6) is -0.450. The van der Waals surface area contributed by atoms with Gasteiger partial charge < -0.3 is 24.8 Å². The van der Waals surface area contributed by atoms with Crippen LogP contribution in [-0.4, -0.2) is 67.1 Å². The van der Waals surface area contributed by atoms with E-state index in [-0.39, 0.29) is 32.0 Å². The molecule has 0 spiro atoms. The number of nitrogens with one attached hydrogen (secondary N) is 1. The van der Waals surface area contributed by atoms with E-state index in [1.807, 2.05) is 0 Å². The third-order valence-corrected chi connectivity index (χ3v) is 4.62. The number of carbonyl (C=O) groups excluding carboxylic acids is 1. The Hall–Kier alpha value is -2.49. The van der Waals surface area contributed by atoms with Crippen LogP contribution in [0.25, 0.3) is 0 Å². The summed E-state index contributed by atoms with van der Waals surface area (Å²) in [5.41, 5.74) is 0.793. The Morgan fingerprint density at radius 3 is 2.34 bits per heavy atom. The van der Waals surface area contributed by atoms with E-state index in [4.69, 9.17) is 14.6 Å². The molecular formula is C22H33F3N2O5. The fourth-order valence-electron chi connectivity index (χ4n) is 3.01. The van der Waals surface area contributed by atoms with Gasteiger partial charge in [-0.25, -0.2) is 9.59 Å². The van der Waals surface area contributed by atoms with Crippen LogP contribution in [0.15, 0.2) is 24.3 Å². The summed E-state index contributed by atoms with van der Waals surface area (Å²) in [6, 6.07) is 6.67. The Balaban J connectivity index is 2.49. The highest BCUT2D eigenvalue weighted by molar-refractivity contribution is 5.74. The van der Waals surface area contributed by atoms with Crippen LogP contribution in [0.5, 0.6) is 5.75 Å². The van der Waals surface area contributed by atoms with Gasteiger partial charge in [0.15, 0.2) is 6.10 Å². The molecule has 1 rings (SSSR count). The number of ether oxygens (including phenoxy) is 2. The number of urea groups is 1. The van der Waals surface area contributed by atoms with Crippen molar-refractivity contribution in [1.82, 2.24) is 10.2 Å². The maximum atomic E-state index is 12.2. The van der Waals surface area contributed by atoms with Gasteiger partial charge in [0.25, 0.3) is 0 Å². The van der Waals surface area contributed by atoms with Crippen LogP contribution in [0, 0.1) is 0 Å². The first kappa shape index (κ1) is 27.5. The van der Waals surface area contributed by atoms with Gasteiger partial charge in [0, 0.05) is 32.5 Å². The van der Waals surface area contributed by atoms with Gasteiger partial charge in [-0.1, -0.05) is 18.6 Å². The summed E-state index contributed by atoms with van der Waals surface area (Å²) in [7, 11) is 0. The zero-order chi connectivity index (χ0) is 24.0. The Kier molecular flexibility index (Phi) is 12.5. The van der Waals surface area contributed by atoms with Crippen molar-refractivity contribution in [3.8, 4) is 5.75 Å². The number of carboxylic acids is 1. The second-order valence-corrected chi connectivity index (χ2v) is 7.23. The average molecular weight is 463 g/mol. The first-order valence-electron chi connectivity index (χ1n) is 10.8. The number of unbranched alkanes of at least 4 members (excludes halogenated alkanes) is 2. The lowest BCUT2D eigenvalue weighted by Gasteiger charge is -2.23. The van der Waals surface area contributed by atoms with Gasteiger partial charge in [-0.3, -0.25) is 0 Å². The van der Waals surface area contributed by atoms with Gasteiger partial charge in [-0.15, -0.1) is 0 Å². The predicted molar refractivity (Wildman–Crippen MR) is 114 cm³/mol. The van der Waals surface area contributed by atoms with E-state index in [2.05, 4.69) is 5.32 Å². The summed E-state index contributed by atoms with van der Waals surface area (Å²) in [6.07, 6.45) is -4.73. The van der Waals surface area contributed by atoms with Crippen molar-refractivity contribution in [3.63, 3.8) is 0 Å². The van der Waals surface area contributed by atoms with E-state index < -0.39 is 24.7 Å². The molecule has 2 N–H and O–H groups in total. The number of rotatable bonds is 15. The van der Waals surface area contributed by atoms with Crippen molar-refractivity contribution in [2.45, 2.75) is 58.2 Å². The zero-order valence-electron chi connectivity index (χ0n) is 18.6. The summed E-state index contributed by atoms with van der Waals surface area (Å²) >= 11 is 0. The Bertz CT molecular complexity index is 683. The number of benzene rings is 1. The van der Waals surface area contributed by atoms with Gasteiger partial charge in [0.2, 0.25) is 0 Å². The van der Waals surface area contributed by atoms with Crippen molar-refractivity contribution in [1.29, 1.82) is 0 Å². The van der Waals surface area contributed by atoms with Crippen molar-refractivity contribution in [3.05, 3.63) is 29.8 Å². The van der Waals surface area contributed by atoms with Crippen molar-refractivity contribution >= 4 is 12.0 Å². The number of halogens is 3. The molecule has 7 nitrogen and oxygen atoms in total. The molecule has 1 aromatic carbocycles. The lowest BCUT2D eigenvalue weighted by atomic mass is 10.1. The SMILES string of the molecule is CCNC(=O)N(CCCCCC(F)(F)F)CCOc1ccc(CC(OCC)C(=O)O)cc1. The molecule has 0 heterocycles. The van der Waals surface area contributed by atoms with Gasteiger partial charge in [-0.05, 0) is 44.4 Å². The number of nitrogens with zero attached hydrogens (tertiary/aromatic N) is 1. The molecule has 0 bridgehead atoms. The predicted octanol–water partition coefficient (Wildman–Crippen LogP) is 4.25. The summed E-state index contributed by atoms with van der Waals surface area (Å²) in [4.78, 5) is 24.9. The quantitative estimate of drug-likeness (QED) is 0.381. The van der Waals surface area contributed by atoms with E-state index in [9.17, 15) is 22.8 Å². The molecule has 0 aliphatic heterocycles. The molecule has 0 aliphatic rings. The third kappa shape index (κ3) is 11.8. The summed E-state index contributed by atoms with van der Waals surface area (Å²) < 4.78 is 47.6. The Morgan fingerprint density at radius 1 is 1.09 bits per heavy atom. The van der Waals surface area contributed by atoms with Gasteiger partial charge in [0.05, 0.1) is 6.54 Å². The molecule has 0 saturated carbocycles. The molecular weight excluding hydrogens is 429 g/mol. The van der Waals surface area contributed by atoms with Crippen LogP contribution >= 0.6 is 0 Å². The topological polar surface area (TPSA) is 88.1 Å². The minimum Gasteiger partial charge on any atom is -0.492 e. The fourth-order valence-corrected chi connectivity index (χ4v) is 3.01. The molecule has 1 unspecified atom stereocenters. The number of hydrogen-bond acceptors (Lipinski definition) is 4. The van der Waals surface area contributed by atoms with E-state index in [0.717, 1.165) is 5.56 Å². The van der Waals surface area contributed by atoms with Crippen molar-refractivity contribution in [2.75, 3.05) is 32.8 Å². The summed E-state index contributed by atoms with van der Waals surface area (Å²) in [6.45, 7) is 5.14. The molecule has 0 radical (unpaired) electrons. The fraction of sp³-hybridized carbons (Fsp3) is 0.636. The standard InChI is InChI=1S/C22H33F3N2O5/c1-3-26-21(30)27(13-7-5-6-12-22(23,24)25)14-15-32-18-10-8-17(9-11-18)16-19(20(28)29)31-4-2/h8-11,19H,3-7,12-16H2,1-2H3,(H,26,30)(H,28,29). The normalized spacial score (nSPS) is 12.3. The molecule has 2 amide bonds. The maximum Gasteiger partial charge on any atom is 0.389 e. The molecule has 0 fully saturated rings.